The summed E-state index contributed by atoms with van der Waals surface area (Å²) in [6.07, 6.45) is 3.94. The van der Waals surface area contributed by atoms with Crippen LogP contribution >= 0.6 is 0 Å². The maximum atomic E-state index is 13.2. The van der Waals surface area contributed by atoms with E-state index in [1.54, 1.807) is 60.9 Å². The third-order valence-corrected chi connectivity index (χ3v) is 5.97. The van der Waals surface area contributed by atoms with Crippen molar-refractivity contribution in [2.45, 2.75) is 25.5 Å². The molecular formula is C26H22N2O5. The minimum absolute atomic E-state index is 0.0286. The summed E-state index contributed by atoms with van der Waals surface area (Å²) in [6.45, 7) is 1.97. The lowest BCUT2D eigenvalue weighted by Gasteiger charge is -2.25. The molecule has 1 saturated heterocycles. The quantitative estimate of drug-likeness (QED) is 0.373. The Bertz CT molecular complexity index is 1280. The summed E-state index contributed by atoms with van der Waals surface area (Å²) in [5.41, 5.74) is 2.60. The van der Waals surface area contributed by atoms with E-state index in [4.69, 9.17) is 9.47 Å². The zero-order valence-electron chi connectivity index (χ0n) is 18.2. The maximum absolute atomic E-state index is 13.2. The van der Waals surface area contributed by atoms with Crippen LogP contribution in [0.3, 0.4) is 0 Å². The average Bonchev–Trinajstić information content (AvgIpc) is 3.34. The number of benzene rings is 2. The molecule has 5 rings (SSSR count). The molecule has 2 aliphatic rings. The number of ether oxygens (including phenoxy) is 2. The van der Waals surface area contributed by atoms with Crippen LogP contribution in [0.1, 0.15) is 29.7 Å². The first-order valence-electron chi connectivity index (χ1n) is 10.6. The summed E-state index contributed by atoms with van der Waals surface area (Å²) in [7, 11) is 1.53. The molecule has 3 heterocycles. The number of methoxy groups -OCH3 is 1. The zero-order chi connectivity index (χ0) is 23.1. The topological polar surface area (TPSA) is 89.0 Å². The molecular weight excluding hydrogens is 420 g/mol. The number of ketones is 1. The number of fused-ring (bicyclic) bond motifs is 1. The van der Waals surface area contributed by atoms with Gasteiger partial charge in [0, 0.05) is 36.1 Å². The Morgan fingerprint density at radius 2 is 1.91 bits per heavy atom. The number of pyridine rings is 1. The van der Waals surface area contributed by atoms with Gasteiger partial charge in [0.25, 0.3) is 11.7 Å². The number of aliphatic hydroxyl groups is 1. The second-order valence-electron chi connectivity index (χ2n) is 8.11. The van der Waals surface area contributed by atoms with Crippen molar-refractivity contribution in [3.05, 3.63) is 89.3 Å². The van der Waals surface area contributed by atoms with Crippen LogP contribution in [0.2, 0.25) is 0 Å². The van der Waals surface area contributed by atoms with E-state index in [-0.39, 0.29) is 17.4 Å². The van der Waals surface area contributed by atoms with Gasteiger partial charge >= 0.3 is 0 Å². The van der Waals surface area contributed by atoms with E-state index in [0.717, 1.165) is 11.3 Å². The molecule has 33 heavy (non-hydrogen) atoms. The van der Waals surface area contributed by atoms with E-state index in [0.29, 0.717) is 29.0 Å². The van der Waals surface area contributed by atoms with Gasteiger partial charge in [-0.15, -0.1) is 0 Å². The number of hydrogen-bond acceptors (Lipinski definition) is 6. The monoisotopic (exact) mass is 442 g/mol. The summed E-state index contributed by atoms with van der Waals surface area (Å²) in [5.74, 6) is -0.368. The lowest BCUT2D eigenvalue weighted by molar-refractivity contribution is -0.132. The maximum Gasteiger partial charge on any atom is 0.300 e. The van der Waals surface area contributed by atoms with Gasteiger partial charge in [0.1, 0.15) is 23.4 Å². The van der Waals surface area contributed by atoms with E-state index in [9.17, 15) is 14.7 Å². The molecule has 2 aromatic carbocycles. The second kappa shape index (κ2) is 8.09. The number of amides is 1. The Morgan fingerprint density at radius 1 is 1.12 bits per heavy atom. The van der Waals surface area contributed by atoms with Crippen molar-refractivity contribution in [2.75, 3.05) is 12.0 Å². The zero-order valence-corrected chi connectivity index (χ0v) is 18.2. The van der Waals surface area contributed by atoms with Gasteiger partial charge in [-0.3, -0.25) is 19.5 Å². The molecule has 0 spiro atoms. The molecule has 1 amide bonds. The summed E-state index contributed by atoms with van der Waals surface area (Å²) < 4.78 is 11.1. The largest absolute Gasteiger partial charge is 0.507 e. The van der Waals surface area contributed by atoms with Crippen LogP contribution < -0.4 is 14.4 Å². The van der Waals surface area contributed by atoms with Crippen LogP contribution in [0.4, 0.5) is 5.69 Å². The van der Waals surface area contributed by atoms with Crippen LogP contribution in [-0.2, 0) is 16.0 Å². The third-order valence-electron chi connectivity index (χ3n) is 5.97. The number of carbonyl (C=O) groups is 2. The number of aliphatic hydroxyl groups excluding tert-OH is 1. The van der Waals surface area contributed by atoms with Crippen molar-refractivity contribution in [3.8, 4) is 11.5 Å². The Labute approximate surface area is 190 Å². The van der Waals surface area contributed by atoms with Crippen molar-refractivity contribution in [1.29, 1.82) is 0 Å². The lowest BCUT2D eigenvalue weighted by atomic mass is 9.95. The smallest absolute Gasteiger partial charge is 0.300 e. The highest BCUT2D eigenvalue weighted by Gasteiger charge is 2.47. The van der Waals surface area contributed by atoms with Gasteiger partial charge in [0.05, 0.1) is 18.7 Å². The Balaban J connectivity index is 1.68. The van der Waals surface area contributed by atoms with E-state index in [1.165, 1.54) is 12.0 Å². The number of anilines is 1. The highest BCUT2D eigenvalue weighted by Crippen LogP contribution is 2.43. The first kappa shape index (κ1) is 20.8. The first-order chi connectivity index (χ1) is 16.0. The Hall–Kier alpha value is -4.13. The first-order valence-corrected chi connectivity index (χ1v) is 10.6. The standard InChI is InChI=1S/C26H22N2O5/c1-15-12-18-13-17(6-7-21(18)33-15)24(29)22-23(16-8-10-27-11-9-16)28(26(31)25(22)30)19-4-3-5-20(14-19)32-2/h3-11,13-15,23,29H,12H2,1-2H3/b24-22-. The van der Waals surface area contributed by atoms with E-state index < -0.39 is 17.7 Å². The second-order valence-corrected chi connectivity index (χ2v) is 8.11. The fraction of sp³-hybridized carbons (Fsp3) is 0.192. The molecule has 2 aliphatic heterocycles. The van der Waals surface area contributed by atoms with Crippen LogP contribution in [0.5, 0.6) is 11.5 Å². The molecule has 2 atom stereocenters. The van der Waals surface area contributed by atoms with Crippen molar-refractivity contribution < 1.29 is 24.2 Å². The van der Waals surface area contributed by atoms with Gasteiger partial charge in [-0.2, -0.15) is 0 Å². The summed E-state index contributed by atoms with van der Waals surface area (Å²) in [5, 5.41) is 11.3. The van der Waals surface area contributed by atoms with Gasteiger partial charge < -0.3 is 14.6 Å². The highest BCUT2D eigenvalue weighted by molar-refractivity contribution is 6.51. The van der Waals surface area contributed by atoms with Crippen molar-refractivity contribution in [1.82, 2.24) is 4.98 Å². The number of carbonyl (C=O) groups excluding carboxylic acids is 2. The van der Waals surface area contributed by atoms with Crippen molar-refractivity contribution >= 4 is 23.1 Å². The predicted octanol–water partition coefficient (Wildman–Crippen LogP) is 4.04. The Morgan fingerprint density at radius 3 is 2.67 bits per heavy atom. The number of rotatable bonds is 4. The molecule has 3 aromatic rings. The molecule has 1 fully saturated rings. The molecule has 0 radical (unpaired) electrons. The molecule has 0 bridgehead atoms. The average molecular weight is 442 g/mol. The van der Waals surface area contributed by atoms with Gasteiger partial charge in [0.15, 0.2) is 0 Å². The molecule has 7 heteroatoms. The van der Waals surface area contributed by atoms with Crippen LogP contribution in [0, 0.1) is 0 Å². The fourth-order valence-electron chi connectivity index (χ4n) is 4.45. The summed E-state index contributed by atoms with van der Waals surface area (Å²) >= 11 is 0. The molecule has 1 aromatic heterocycles. The minimum Gasteiger partial charge on any atom is -0.507 e. The van der Waals surface area contributed by atoms with Gasteiger partial charge in [0.2, 0.25) is 0 Å². The molecule has 0 aliphatic carbocycles. The van der Waals surface area contributed by atoms with Crippen LogP contribution in [0.25, 0.3) is 5.76 Å². The number of nitrogens with zero attached hydrogens (tertiary/aromatic N) is 2. The molecule has 166 valence electrons. The number of Topliss-reactive ketones (excluding diaryl/α,β-unsaturated/α-hetero) is 1. The SMILES string of the molecule is COc1cccc(N2C(=O)C(=O)/C(=C(\O)c3ccc4c(c3)CC(C)O4)C2c2ccncc2)c1. The number of aromatic nitrogens is 1. The fourth-order valence-corrected chi connectivity index (χ4v) is 4.45. The van der Waals surface area contributed by atoms with Gasteiger partial charge in [-0.1, -0.05) is 6.07 Å². The molecule has 7 nitrogen and oxygen atoms in total. The highest BCUT2D eigenvalue weighted by atomic mass is 16.5. The third kappa shape index (κ3) is 3.51. The van der Waals surface area contributed by atoms with E-state index >= 15 is 0 Å². The summed E-state index contributed by atoms with van der Waals surface area (Å²) in [4.78, 5) is 31.9. The molecule has 2 unspecified atom stereocenters. The van der Waals surface area contributed by atoms with E-state index in [2.05, 4.69) is 4.98 Å². The van der Waals surface area contributed by atoms with Crippen molar-refractivity contribution in [2.24, 2.45) is 0 Å². The summed E-state index contributed by atoms with van der Waals surface area (Å²) in [6, 6.07) is 14.9. The lowest BCUT2D eigenvalue weighted by Crippen LogP contribution is -2.29. The van der Waals surface area contributed by atoms with Crippen LogP contribution in [0.15, 0.2) is 72.6 Å². The molecule has 1 N–H and O–H groups in total. The van der Waals surface area contributed by atoms with Gasteiger partial charge in [-0.25, -0.2) is 0 Å². The predicted molar refractivity (Wildman–Crippen MR) is 122 cm³/mol. The van der Waals surface area contributed by atoms with E-state index in [1.807, 2.05) is 13.0 Å². The van der Waals surface area contributed by atoms with Crippen molar-refractivity contribution in [3.63, 3.8) is 0 Å². The molecule has 0 saturated carbocycles. The van der Waals surface area contributed by atoms with Gasteiger partial charge in [-0.05, 0) is 60.5 Å². The normalized spacial score (nSPS) is 21.1. The van der Waals surface area contributed by atoms with Crippen LogP contribution in [-0.4, -0.2) is 35.0 Å². The minimum atomic E-state index is -0.816. The Kier molecular flexibility index (Phi) is 5.09. The number of hydrogen-bond donors (Lipinski definition) is 1.